The summed E-state index contributed by atoms with van der Waals surface area (Å²) in [7, 11) is 0. The third-order valence-corrected chi connectivity index (χ3v) is 6.52. The monoisotopic (exact) mass is 451 g/mol. The van der Waals surface area contributed by atoms with E-state index < -0.39 is 0 Å². The van der Waals surface area contributed by atoms with Crippen LogP contribution in [-0.4, -0.2) is 25.8 Å². The number of isocyanates is 1. The fourth-order valence-electron chi connectivity index (χ4n) is 4.36. The Labute approximate surface area is 201 Å². The Hall–Kier alpha value is -0.660. The van der Waals surface area contributed by atoms with E-state index in [1.54, 1.807) is 6.08 Å². The lowest BCUT2D eigenvalue weighted by Crippen LogP contribution is -1.97. The molecule has 0 atom stereocenters. The molecule has 0 aliphatic rings. The van der Waals surface area contributed by atoms with Gasteiger partial charge in [0.15, 0.2) is 0 Å². The van der Waals surface area contributed by atoms with Gasteiger partial charge >= 0.3 is 0 Å². The Morgan fingerprint density at radius 2 is 0.781 bits per heavy atom. The second-order valence-electron chi connectivity index (χ2n) is 9.72. The molecule has 0 saturated heterocycles. The lowest BCUT2D eigenvalue weighted by Gasteiger charge is -2.05. The number of rotatable bonds is 28. The molecule has 3 heteroatoms. The smallest absolute Gasteiger partial charge is 0.234 e. The molecule has 0 aliphatic carbocycles. The van der Waals surface area contributed by atoms with E-state index in [2.05, 4.69) is 11.9 Å². The number of unbranched alkanes of at least 4 members (excludes halogenated alkanes) is 22. The van der Waals surface area contributed by atoms with Crippen molar-refractivity contribution in [3.63, 3.8) is 0 Å². The zero-order chi connectivity index (χ0) is 23.2. The lowest BCUT2D eigenvalue weighted by molar-refractivity contribution is 0.125. The molecule has 0 spiro atoms. The molecule has 0 N–H and O–H groups in total. The summed E-state index contributed by atoms with van der Waals surface area (Å²) in [5, 5.41) is 0. The molecular formula is C29H57NO2. The van der Waals surface area contributed by atoms with E-state index in [0.29, 0.717) is 6.54 Å². The zero-order valence-corrected chi connectivity index (χ0v) is 21.9. The molecule has 0 rings (SSSR count). The van der Waals surface area contributed by atoms with Crippen LogP contribution >= 0.6 is 0 Å². The van der Waals surface area contributed by atoms with Crippen LogP contribution in [0.2, 0.25) is 0 Å². The highest BCUT2D eigenvalue weighted by atomic mass is 16.5. The second-order valence-corrected chi connectivity index (χ2v) is 9.72. The third kappa shape index (κ3) is 29.3. The molecule has 0 unspecified atom stereocenters. The highest BCUT2D eigenvalue weighted by Crippen LogP contribution is 2.14. The van der Waals surface area contributed by atoms with Gasteiger partial charge in [0.1, 0.15) is 0 Å². The number of carbonyl (C=O) groups excluding carboxylic acids is 1. The predicted molar refractivity (Wildman–Crippen MR) is 140 cm³/mol. The van der Waals surface area contributed by atoms with Crippen LogP contribution in [0.3, 0.4) is 0 Å². The van der Waals surface area contributed by atoms with Gasteiger partial charge in [-0.05, 0) is 19.3 Å². The molecule has 32 heavy (non-hydrogen) atoms. The van der Waals surface area contributed by atoms with Crippen LogP contribution in [-0.2, 0) is 9.53 Å². The van der Waals surface area contributed by atoms with Gasteiger partial charge in [0.05, 0.1) is 6.54 Å². The fourth-order valence-corrected chi connectivity index (χ4v) is 4.36. The third-order valence-electron chi connectivity index (χ3n) is 6.52. The Morgan fingerprint density at radius 3 is 1.12 bits per heavy atom. The van der Waals surface area contributed by atoms with Crippen LogP contribution in [0.25, 0.3) is 0 Å². The molecular weight excluding hydrogens is 394 g/mol. The van der Waals surface area contributed by atoms with Crippen molar-refractivity contribution in [2.75, 3.05) is 19.8 Å². The number of aliphatic imine (C=N–C) groups is 1. The summed E-state index contributed by atoms with van der Waals surface area (Å²) in [5.74, 6) is 0. The minimum Gasteiger partial charge on any atom is -0.381 e. The van der Waals surface area contributed by atoms with Crippen molar-refractivity contribution in [2.24, 2.45) is 4.99 Å². The minimum atomic E-state index is 0.653. The molecule has 0 aromatic carbocycles. The standard InChI is InChI=1S/C29H57NO2/c1-2-3-4-5-6-7-8-9-10-11-12-13-15-18-21-24-27-32-28-25-22-19-16-14-17-20-23-26-30-29-31/h2-28H2,1H3. The van der Waals surface area contributed by atoms with Gasteiger partial charge in [0.2, 0.25) is 6.08 Å². The quantitative estimate of drug-likeness (QED) is 0.0674. The van der Waals surface area contributed by atoms with Crippen LogP contribution < -0.4 is 0 Å². The Kier molecular flexibility index (Phi) is 29.7. The fraction of sp³-hybridized carbons (Fsp3) is 0.966. The highest BCUT2D eigenvalue weighted by Gasteiger charge is 1.96. The molecule has 0 fully saturated rings. The first-order valence-electron chi connectivity index (χ1n) is 14.5. The lowest BCUT2D eigenvalue weighted by atomic mass is 10.0. The molecule has 190 valence electrons. The number of hydrogen-bond donors (Lipinski definition) is 0. The van der Waals surface area contributed by atoms with Crippen molar-refractivity contribution < 1.29 is 9.53 Å². The SMILES string of the molecule is CCCCCCCCCCCCCCCCCCOCCCCCCCCCCN=C=O. The largest absolute Gasteiger partial charge is 0.381 e. The van der Waals surface area contributed by atoms with Crippen molar-refractivity contribution >= 4 is 6.08 Å². The molecule has 3 nitrogen and oxygen atoms in total. The van der Waals surface area contributed by atoms with Crippen molar-refractivity contribution in [3.05, 3.63) is 0 Å². The van der Waals surface area contributed by atoms with Crippen molar-refractivity contribution in [2.45, 2.75) is 161 Å². The predicted octanol–water partition coefficient (Wildman–Crippen LogP) is 9.72. The summed E-state index contributed by atoms with van der Waals surface area (Å²) >= 11 is 0. The second kappa shape index (κ2) is 30.3. The maximum Gasteiger partial charge on any atom is 0.234 e. The van der Waals surface area contributed by atoms with Crippen molar-refractivity contribution in [1.82, 2.24) is 0 Å². The molecule has 0 aliphatic heterocycles. The maximum atomic E-state index is 9.95. The van der Waals surface area contributed by atoms with Crippen LogP contribution in [0.5, 0.6) is 0 Å². The molecule has 0 bridgehead atoms. The molecule has 0 heterocycles. The first-order chi connectivity index (χ1) is 15.9. The molecule has 0 aromatic heterocycles. The Bertz CT molecular complexity index is 379. The maximum absolute atomic E-state index is 9.95. The van der Waals surface area contributed by atoms with Gasteiger partial charge in [-0.3, -0.25) is 0 Å². The topological polar surface area (TPSA) is 38.7 Å². The van der Waals surface area contributed by atoms with Gasteiger partial charge in [0, 0.05) is 13.2 Å². The van der Waals surface area contributed by atoms with Crippen LogP contribution in [0.15, 0.2) is 4.99 Å². The van der Waals surface area contributed by atoms with Gasteiger partial charge in [-0.15, -0.1) is 0 Å². The molecule has 0 aromatic rings. The number of nitrogens with zero attached hydrogens (tertiary/aromatic N) is 1. The van der Waals surface area contributed by atoms with Gasteiger partial charge in [-0.1, -0.05) is 142 Å². The summed E-state index contributed by atoms with van der Waals surface area (Å²) in [4.78, 5) is 13.5. The summed E-state index contributed by atoms with van der Waals surface area (Å²) in [6.07, 6.45) is 34.3. The highest BCUT2D eigenvalue weighted by molar-refractivity contribution is 5.32. The summed E-state index contributed by atoms with van der Waals surface area (Å²) in [6, 6.07) is 0. The first kappa shape index (κ1) is 31.3. The molecule has 0 amide bonds. The average molecular weight is 452 g/mol. The summed E-state index contributed by atoms with van der Waals surface area (Å²) in [5.41, 5.74) is 0. The van der Waals surface area contributed by atoms with E-state index >= 15 is 0 Å². The average Bonchev–Trinajstić information content (AvgIpc) is 2.81. The Balaban J connectivity index is 3.00. The van der Waals surface area contributed by atoms with Crippen LogP contribution in [0, 0.1) is 0 Å². The van der Waals surface area contributed by atoms with Crippen LogP contribution in [0.4, 0.5) is 0 Å². The van der Waals surface area contributed by atoms with Crippen molar-refractivity contribution in [1.29, 1.82) is 0 Å². The molecule has 0 saturated carbocycles. The van der Waals surface area contributed by atoms with Gasteiger partial charge < -0.3 is 4.74 Å². The Morgan fingerprint density at radius 1 is 0.469 bits per heavy atom. The van der Waals surface area contributed by atoms with Gasteiger partial charge in [-0.25, -0.2) is 9.79 Å². The summed E-state index contributed by atoms with van der Waals surface area (Å²) < 4.78 is 5.79. The number of ether oxygens (including phenoxy) is 1. The normalized spacial score (nSPS) is 11.0. The van der Waals surface area contributed by atoms with Gasteiger partial charge in [-0.2, -0.15) is 0 Å². The van der Waals surface area contributed by atoms with Gasteiger partial charge in [0.25, 0.3) is 0 Å². The first-order valence-corrected chi connectivity index (χ1v) is 14.5. The van der Waals surface area contributed by atoms with E-state index in [0.717, 1.165) is 19.6 Å². The van der Waals surface area contributed by atoms with E-state index in [9.17, 15) is 4.79 Å². The minimum absolute atomic E-state index is 0.653. The van der Waals surface area contributed by atoms with E-state index in [-0.39, 0.29) is 0 Å². The summed E-state index contributed by atoms with van der Waals surface area (Å²) in [6.45, 7) is 4.85. The number of hydrogen-bond acceptors (Lipinski definition) is 3. The van der Waals surface area contributed by atoms with Crippen molar-refractivity contribution in [3.8, 4) is 0 Å². The van der Waals surface area contributed by atoms with E-state index in [1.165, 1.54) is 148 Å². The van der Waals surface area contributed by atoms with E-state index in [4.69, 9.17) is 4.74 Å². The zero-order valence-electron chi connectivity index (χ0n) is 21.9. The van der Waals surface area contributed by atoms with E-state index in [1.807, 2.05) is 0 Å². The molecule has 0 radical (unpaired) electrons. The van der Waals surface area contributed by atoms with Crippen LogP contribution in [0.1, 0.15) is 161 Å².